The Morgan fingerprint density at radius 1 is 1.27 bits per heavy atom. The summed E-state index contributed by atoms with van der Waals surface area (Å²) in [5.41, 5.74) is 6.12. The molecular weight excluding hydrogens is 331 g/mol. The zero-order valence-corrected chi connectivity index (χ0v) is 13.5. The Labute approximate surface area is 141 Å². The van der Waals surface area contributed by atoms with E-state index in [0.29, 0.717) is 25.5 Å². The Morgan fingerprint density at radius 2 is 2.00 bits per heavy atom. The molecule has 0 aliphatic carbocycles. The van der Waals surface area contributed by atoms with Gasteiger partial charge in [-0.1, -0.05) is 30.3 Å². The predicted octanol–water partition coefficient (Wildman–Crippen LogP) is 1.34. The Kier molecular flexibility index (Phi) is 10.2. The molecule has 1 atom stereocenters. The second-order valence-corrected chi connectivity index (χ2v) is 4.30. The van der Waals surface area contributed by atoms with Crippen LogP contribution in [0, 0.1) is 0 Å². The van der Waals surface area contributed by atoms with Crippen LogP contribution < -0.4 is 11.1 Å². The number of rotatable bonds is 8. The molecule has 1 aromatic rings. The van der Waals surface area contributed by atoms with E-state index in [9.17, 15) is 4.79 Å². The topological polar surface area (TPSA) is 82.8 Å². The highest BCUT2D eigenvalue weighted by Gasteiger charge is 2.20. The third kappa shape index (κ3) is 7.40. The minimum absolute atomic E-state index is 0. The van der Waals surface area contributed by atoms with Crippen LogP contribution in [0.4, 0.5) is 0 Å². The van der Waals surface area contributed by atoms with Crippen molar-refractivity contribution in [1.82, 2.24) is 5.32 Å². The first-order valence-corrected chi connectivity index (χ1v) is 6.42. The lowest BCUT2D eigenvalue weighted by molar-refractivity contribution is -0.117. The summed E-state index contributed by atoms with van der Waals surface area (Å²) >= 11 is 0. The fourth-order valence-electron chi connectivity index (χ4n) is 1.72. The van der Waals surface area contributed by atoms with Crippen LogP contribution >= 0.6 is 24.8 Å². The Bertz CT molecular complexity index is 471. The molecule has 2 rings (SSSR count). The van der Waals surface area contributed by atoms with Gasteiger partial charge in [-0.15, -0.1) is 24.8 Å². The van der Waals surface area contributed by atoms with Gasteiger partial charge >= 0.3 is 5.95 Å². The second-order valence-electron chi connectivity index (χ2n) is 4.30. The first-order valence-electron chi connectivity index (χ1n) is 6.42. The van der Waals surface area contributed by atoms with Crippen molar-refractivity contribution in [1.29, 1.82) is 0 Å². The molecule has 0 aromatic heterocycles. The summed E-state index contributed by atoms with van der Waals surface area (Å²) in [7, 11) is 0. The summed E-state index contributed by atoms with van der Waals surface area (Å²) in [6.45, 7) is 1.02. The van der Waals surface area contributed by atoms with E-state index < -0.39 is 5.91 Å². The fraction of sp³-hybridized carbons (Fsp3) is 0.357. The molecule has 0 saturated carbocycles. The number of primary amides is 1. The van der Waals surface area contributed by atoms with Gasteiger partial charge in [0.2, 0.25) is 12.2 Å². The van der Waals surface area contributed by atoms with Gasteiger partial charge in [-0.2, -0.15) is 0 Å². The van der Waals surface area contributed by atoms with Crippen molar-refractivity contribution in [3.8, 4) is 0 Å². The van der Waals surface area contributed by atoms with Crippen LogP contribution in [0.2, 0.25) is 0 Å². The maximum atomic E-state index is 10.5. The molecule has 1 unspecified atom stereocenters. The number of nitrogens with two attached hydrogens (primary N) is 1. The molecule has 0 bridgehead atoms. The first kappa shape index (κ1) is 20.4. The van der Waals surface area contributed by atoms with Crippen molar-refractivity contribution < 1.29 is 19.0 Å². The molecule has 0 spiro atoms. The number of nitrogens with one attached hydrogen (secondary N) is 1. The smallest absolute Gasteiger partial charge is 0.318 e. The van der Waals surface area contributed by atoms with Crippen LogP contribution in [0.3, 0.4) is 0 Å². The highest BCUT2D eigenvalue weighted by molar-refractivity contribution is 5.85. The van der Waals surface area contributed by atoms with Crippen LogP contribution in [-0.4, -0.2) is 31.9 Å². The summed E-state index contributed by atoms with van der Waals surface area (Å²) in [6.07, 6.45) is 1.76. The van der Waals surface area contributed by atoms with Crippen LogP contribution in [0.15, 0.2) is 42.5 Å². The highest BCUT2D eigenvalue weighted by Crippen LogP contribution is 2.18. The van der Waals surface area contributed by atoms with Crippen molar-refractivity contribution in [2.75, 3.05) is 19.7 Å². The molecule has 1 amide bonds. The first-order chi connectivity index (χ1) is 9.74. The number of halogens is 2. The second kappa shape index (κ2) is 11.0. The van der Waals surface area contributed by atoms with E-state index in [0.717, 1.165) is 5.56 Å². The molecule has 1 aliphatic heterocycles. The number of carbonyl (C=O) groups excluding carboxylic acids is 1. The summed E-state index contributed by atoms with van der Waals surface area (Å²) in [6, 6.07) is 9.93. The lowest BCUT2D eigenvalue weighted by Gasteiger charge is -2.12. The van der Waals surface area contributed by atoms with Crippen molar-refractivity contribution in [2.24, 2.45) is 5.73 Å². The summed E-state index contributed by atoms with van der Waals surface area (Å²) in [5, 5.41) is 2.84. The molecule has 6 nitrogen and oxygen atoms in total. The third-order valence-corrected chi connectivity index (χ3v) is 2.63. The van der Waals surface area contributed by atoms with Gasteiger partial charge in [0.1, 0.15) is 6.61 Å². The predicted molar refractivity (Wildman–Crippen MR) is 86.7 cm³/mol. The van der Waals surface area contributed by atoms with Crippen molar-refractivity contribution in [3.05, 3.63) is 48.1 Å². The molecule has 1 heterocycles. The van der Waals surface area contributed by atoms with Crippen molar-refractivity contribution in [3.63, 3.8) is 0 Å². The molecule has 22 heavy (non-hydrogen) atoms. The number of carbonyl (C=O) groups is 1. The summed E-state index contributed by atoms with van der Waals surface area (Å²) in [4.78, 5) is 10.5. The molecule has 124 valence electrons. The average molecular weight is 351 g/mol. The highest BCUT2D eigenvalue weighted by atomic mass is 35.5. The van der Waals surface area contributed by atoms with Gasteiger partial charge in [-0.25, -0.2) is 0 Å². The van der Waals surface area contributed by atoms with E-state index in [1.807, 2.05) is 30.3 Å². The minimum atomic E-state index is -0.396. The van der Waals surface area contributed by atoms with E-state index in [1.54, 1.807) is 0 Å². The van der Waals surface area contributed by atoms with Crippen LogP contribution in [0.5, 0.6) is 0 Å². The van der Waals surface area contributed by atoms with Crippen molar-refractivity contribution >= 4 is 30.7 Å². The van der Waals surface area contributed by atoms with E-state index >= 15 is 0 Å². The molecule has 3 N–H and O–H groups in total. The molecular formula is C14H20Cl2N2O4. The Balaban J connectivity index is 0.00000220. The van der Waals surface area contributed by atoms with Gasteiger partial charge in [0.15, 0.2) is 6.26 Å². The van der Waals surface area contributed by atoms with Gasteiger partial charge < -0.3 is 25.3 Å². The van der Waals surface area contributed by atoms with Gasteiger partial charge in [-0.05, 0) is 5.56 Å². The average Bonchev–Trinajstić information content (AvgIpc) is 2.87. The third-order valence-electron chi connectivity index (χ3n) is 2.63. The lowest BCUT2D eigenvalue weighted by Crippen LogP contribution is -2.30. The maximum Gasteiger partial charge on any atom is 0.318 e. The van der Waals surface area contributed by atoms with Gasteiger partial charge in [0.25, 0.3) is 0 Å². The van der Waals surface area contributed by atoms with E-state index in [-0.39, 0.29) is 37.6 Å². The van der Waals surface area contributed by atoms with Crippen molar-refractivity contribution in [2.45, 2.75) is 12.7 Å². The Morgan fingerprint density at radius 3 is 2.68 bits per heavy atom. The van der Waals surface area contributed by atoms with Gasteiger partial charge in [-0.3, -0.25) is 4.79 Å². The standard InChI is InChI=1S/C14H18N2O4.2ClH/c15-12(17)9-16-6-7-18-14-10-19-13(20-14)8-11-4-2-1-3-5-11;;/h1-5,10,13,16H,6-9H2,(H2,15,17);2*1H. The number of amides is 1. The lowest BCUT2D eigenvalue weighted by atomic mass is 10.1. The zero-order valence-electron chi connectivity index (χ0n) is 11.9. The zero-order chi connectivity index (χ0) is 14.2. The van der Waals surface area contributed by atoms with E-state index in [2.05, 4.69) is 5.32 Å². The number of hydrogen-bond acceptors (Lipinski definition) is 5. The Hall–Kier alpha value is -1.63. The molecule has 0 saturated heterocycles. The monoisotopic (exact) mass is 350 g/mol. The minimum Gasteiger partial charge on any atom is -0.462 e. The summed E-state index contributed by atoms with van der Waals surface area (Å²) < 4.78 is 16.2. The molecule has 1 aliphatic rings. The van der Waals surface area contributed by atoms with Crippen LogP contribution in [0.1, 0.15) is 5.56 Å². The van der Waals surface area contributed by atoms with E-state index in [1.165, 1.54) is 6.26 Å². The van der Waals surface area contributed by atoms with Crippen LogP contribution in [-0.2, 0) is 25.4 Å². The number of ether oxygens (including phenoxy) is 3. The fourth-order valence-corrected chi connectivity index (χ4v) is 1.72. The van der Waals surface area contributed by atoms with Crippen LogP contribution in [0.25, 0.3) is 0 Å². The molecule has 1 aromatic carbocycles. The van der Waals surface area contributed by atoms with E-state index in [4.69, 9.17) is 19.9 Å². The van der Waals surface area contributed by atoms with Gasteiger partial charge in [0.05, 0.1) is 6.54 Å². The largest absolute Gasteiger partial charge is 0.462 e. The SMILES string of the molecule is Cl.Cl.NC(=O)CNCCOC1=COC(Cc2ccccc2)O1. The maximum absolute atomic E-state index is 10.5. The number of hydrogen-bond donors (Lipinski definition) is 2. The molecule has 8 heteroatoms. The van der Waals surface area contributed by atoms with Gasteiger partial charge in [0, 0.05) is 13.0 Å². The molecule has 0 radical (unpaired) electrons. The number of benzene rings is 1. The molecule has 0 fully saturated rings. The quantitative estimate of drug-likeness (QED) is 0.691. The summed E-state index contributed by atoms with van der Waals surface area (Å²) in [5.74, 6) is -0.0422. The normalized spacial score (nSPS) is 15.5.